The van der Waals surface area contributed by atoms with E-state index < -0.39 is 5.97 Å². The monoisotopic (exact) mass is 314 g/mol. The van der Waals surface area contributed by atoms with Gasteiger partial charge in [-0.2, -0.15) is 0 Å². The fourth-order valence-corrected chi connectivity index (χ4v) is 2.00. The molecule has 5 heteroatoms. The SMILES string of the molecule is C=C(C(=O)OCc1cc(OC)cc(OC)c1)c1cccc(O)c1. The lowest BCUT2D eigenvalue weighted by Gasteiger charge is -2.10. The number of esters is 1. The van der Waals surface area contributed by atoms with Gasteiger partial charge in [-0.3, -0.25) is 0 Å². The maximum absolute atomic E-state index is 12.1. The highest BCUT2D eigenvalue weighted by atomic mass is 16.5. The molecule has 0 aliphatic rings. The maximum atomic E-state index is 12.1. The van der Waals surface area contributed by atoms with Gasteiger partial charge in [0.1, 0.15) is 23.9 Å². The molecule has 2 rings (SSSR count). The van der Waals surface area contributed by atoms with Gasteiger partial charge >= 0.3 is 5.97 Å². The molecule has 1 N–H and O–H groups in total. The van der Waals surface area contributed by atoms with Crippen molar-refractivity contribution < 1.29 is 24.1 Å². The number of rotatable bonds is 6. The number of hydrogen-bond acceptors (Lipinski definition) is 5. The average molecular weight is 314 g/mol. The summed E-state index contributed by atoms with van der Waals surface area (Å²) in [4.78, 5) is 12.1. The van der Waals surface area contributed by atoms with Crippen LogP contribution in [0.1, 0.15) is 11.1 Å². The Morgan fingerprint density at radius 3 is 2.30 bits per heavy atom. The summed E-state index contributed by atoms with van der Waals surface area (Å²) < 4.78 is 15.6. The molecule has 23 heavy (non-hydrogen) atoms. The summed E-state index contributed by atoms with van der Waals surface area (Å²) in [5.74, 6) is 0.732. The van der Waals surface area contributed by atoms with Crippen molar-refractivity contribution in [2.75, 3.05) is 14.2 Å². The van der Waals surface area contributed by atoms with Crippen molar-refractivity contribution in [2.45, 2.75) is 6.61 Å². The molecule has 0 heterocycles. The highest BCUT2D eigenvalue weighted by Gasteiger charge is 2.12. The van der Waals surface area contributed by atoms with E-state index in [1.165, 1.54) is 12.1 Å². The summed E-state index contributed by atoms with van der Waals surface area (Å²) in [5, 5.41) is 9.45. The molecule has 0 saturated heterocycles. The van der Waals surface area contributed by atoms with Gasteiger partial charge in [0.2, 0.25) is 0 Å². The van der Waals surface area contributed by atoms with Crippen LogP contribution in [0.3, 0.4) is 0 Å². The van der Waals surface area contributed by atoms with Gasteiger partial charge in [0.15, 0.2) is 0 Å². The predicted molar refractivity (Wildman–Crippen MR) is 86.5 cm³/mol. The molecule has 0 unspecified atom stereocenters. The molecule has 0 radical (unpaired) electrons. The van der Waals surface area contributed by atoms with Crippen molar-refractivity contribution in [1.29, 1.82) is 0 Å². The fourth-order valence-electron chi connectivity index (χ4n) is 2.00. The minimum atomic E-state index is -0.558. The maximum Gasteiger partial charge on any atom is 0.338 e. The van der Waals surface area contributed by atoms with Crippen molar-refractivity contribution in [2.24, 2.45) is 0 Å². The Balaban J connectivity index is 2.05. The van der Waals surface area contributed by atoms with Crippen molar-refractivity contribution in [3.8, 4) is 17.2 Å². The number of carbonyl (C=O) groups is 1. The van der Waals surface area contributed by atoms with Gasteiger partial charge in [-0.15, -0.1) is 0 Å². The molecule has 0 atom stereocenters. The van der Waals surface area contributed by atoms with E-state index in [2.05, 4.69) is 6.58 Å². The molecule has 2 aromatic rings. The number of carbonyl (C=O) groups excluding carboxylic acids is 1. The number of ether oxygens (including phenoxy) is 3. The van der Waals surface area contributed by atoms with E-state index in [9.17, 15) is 9.90 Å². The Labute approximate surface area is 134 Å². The van der Waals surface area contributed by atoms with Gasteiger partial charge < -0.3 is 19.3 Å². The third-order valence-corrected chi connectivity index (χ3v) is 3.22. The summed E-state index contributed by atoms with van der Waals surface area (Å²) >= 11 is 0. The molecule has 0 aromatic heterocycles. The summed E-state index contributed by atoms with van der Waals surface area (Å²) in [7, 11) is 3.10. The molecular formula is C18H18O5. The first-order chi connectivity index (χ1) is 11.0. The zero-order valence-electron chi connectivity index (χ0n) is 13.0. The molecule has 2 aromatic carbocycles. The van der Waals surface area contributed by atoms with Crippen LogP contribution in [0, 0.1) is 0 Å². The molecule has 120 valence electrons. The van der Waals surface area contributed by atoms with E-state index in [-0.39, 0.29) is 17.9 Å². The van der Waals surface area contributed by atoms with E-state index in [1.807, 2.05) is 0 Å². The average Bonchev–Trinajstić information content (AvgIpc) is 2.58. The number of benzene rings is 2. The molecule has 5 nitrogen and oxygen atoms in total. The molecule has 0 amide bonds. The van der Waals surface area contributed by atoms with Crippen molar-refractivity contribution >= 4 is 11.5 Å². The van der Waals surface area contributed by atoms with Crippen molar-refractivity contribution in [1.82, 2.24) is 0 Å². The van der Waals surface area contributed by atoms with Crippen LogP contribution in [-0.2, 0) is 16.1 Å². The lowest BCUT2D eigenvalue weighted by molar-refractivity contribution is -0.137. The second-order valence-corrected chi connectivity index (χ2v) is 4.83. The second kappa shape index (κ2) is 7.35. The van der Waals surface area contributed by atoms with Crippen LogP contribution < -0.4 is 9.47 Å². The summed E-state index contributed by atoms with van der Waals surface area (Å²) in [6, 6.07) is 11.5. The number of phenolic OH excluding ortho intramolecular Hbond substituents is 1. The Morgan fingerprint density at radius 1 is 1.09 bits per heavy atom. The van der Waals surface area contributed by atoms with Gasteiger partial charge in [-0.25, -0.2) is 4.79 Å². The summed E-state index contributed by atoms with van der Waals surface area (Å²) in [6.07, 6.45) is 0. The van der Waals surface area contributed by atoms with E-state index in [0.29, 0.717) is 17.1 Å². The van der Waals surface area contributed by atoms with Crippen LogP contribution in [-0.4, -0.2) is 25.3 Å². The van der Waals surface area contributed by atoms with E-state index in [1.54, 1.807) is 44.6 Å². The number of phenols is 1. The third-order valence-electron chi connectivity index (χ3n) is 3.22. The molecule has 0 aliphatic carbocycles. The van der Waals surface area contributed by atoms with Crippen LogP contribution >= 0.6 is 0 Å². The smallest absolute Gasteiger partial charge is 0.338 e. The third kappa shape index (κ3) is 4.26. The Kier molecular flexibility index (Phi) is 5.25. The van der Waals surface area contributed by atoms with Gasteiger partial charge in [-0.1, -0.05) is 18.7 Å². The second-order valence-electron chi connectivity index (χ2n) is 4.83. The first-order valence-electron chi connectivity index (χ1n) is 6.91. The van der Waals surface area contributed by atoms with Crippen LogP contribution in [0.2, 0.25) is 0 Å². The zero-order valence-corrected chi connectivity index (χ0v) is 13.0. The van der Waals surface area contributed by atoms with Gasteiger partial charge in [0.05, 0.1) is 19.8 Å². The van der Waals surface area contributed by atoms with Crippen molar-refractivity contribution in [3.63, 3.8) is 0 Å². The topological polar surface area (TPSA) is 65.0 Å². The highest BCUT2D eigenvalue weighted by Crippen LogP contribution is 2.24. The molecule has 0 spiro atoms. The summed E-state index contributed by atoms with van der Waals surface area (Å²) in [6.45, 7) is 3.77. The van der Waals surface area contributed by atoms with Crippen LogP contribution in [0.25, 0.3) is 5.57 Å². The van der Waals surface area contributed by atoms with E-state index in [0.717, 1.165) is 5.56 Å². The standard InChI is InChI=1S/C18H18O5/c1-12(14-5-4-6-15(19)9-14)18(20)23-11-13-7-16(21-2)10-17(8-13)22-3/h4-10,19H,1,11H2,2-3H3. The molecule has 0 saturated carbocycles. The quantitative estimate of drug-likeness (QED) is 0.655. The largest absolute Gasteiger partial charge is 0.508 e. The van der Waals surface area contributed by atoms with Crippen LogP contribution in [0.5, 0.6) is 17.2 Å². The Bertz CT molecular complexity index is 699. The lowest BCUT2D eigenvalue weighted by atomic mass is 10.1. The first kappa shape index (κ1) is 16.4. The lowest BCUT2D eigenvalue weighted by Crippen LogP contribution is -2.06. The minimum absolute atomic E-state index is 0.0598. The van der Waals surface area contributed by atoms with Gasteiger partial charge in [0, 0.05) is 6.07 Å². The summed E-state index contributed by atoms with van der Waals surface area (Å²) in [5.41, 5.74) is 1.42. The highest BCUT2D eigenvalue weighted by molar-refractivity contribution is 6.15. The normalized spacial score (nSPS) is 10.0. The van der Waals surface area contributed by atoms with Gasteiger partial charge in [0.25, 0.3) is 0 Å². The van der Waals surface area contributed by atoms with Gasteiger partial charge in [-0.05, 0) is 35.4 Å². The van der Waals surface area contributed by atoms with E-state index in [4.69, 9.17) is 14.2 Å². The van der Waals surface area contributed by atoms with E-state index >= 15 is 0 Å². The predicted octanol–water partition coefficient (Wildman–Crippen LogP) is 3.17. The molecule has 0 fully saturated rings. The zero-order chi connectivity index (χ0) is 16.8. The molecular weight excluding hydrogens is 296 g/mol. The Hall–Kier alpha value is -2.95. The first-order valence-corrected chi connectivity index (χ1v) is 6.91. The fraction of sp³-hybridized carbons (Fsp3) is 0.167. The Morgan fingerprint density at radius 2 is 1.74 bits per heavy atom. The minimum Gasteiger partial charge on any atom is -0.508 e. The number of methoxy groups -OCH3 is 2. The number of aromatic hydroxyl groups is 1. The van der Waals surface area contributed by atoms with Crippen molar-refractivity contribution in [3.05, 3.63) is 60.2 Å². The van der Waals surface area contributed by atoms with Crippen LogP contribution in [0.4, 0.5) is 0 Å². The molecule has 0 aliphatic heterocycles. The van der Waals surface area contributed by atoms with Crippen LogP contribution in [0.15, 0.2) is 49.0 Å². The molecule has 0 bridgehead atoms. The number of hydrogen-bond donors (Lipinski definition) is 1.